The van der Waals surface area contributed by atoms with Gasteiger partial charge in [-0.25, -0.2) is 0 Å². The minimum atomic E-state index is 0.601. The van der Waals surface area contributed by atoms with Crippen molar-refractivity contribution in [2.75, 3.05) is 31.1 Å². The van der Waals surface area contributed by atoms with Crippen molar-refractivity contribution >= 4 is 17.3 Å². The Bertz CT molecular complexity index is 391. The van der Waals surface area contributed by atoms with Gasteiger partial charge in [-0.2, -0.15) is 0 Å². The zero-order valence-corrected chi connectivity index (χ0v) is 9.83. The minimum Gasteiger partial charge on any atom is -0.490 e. The summed E-state index contributed by atoms with van der Waals surface area (Å²) < 4.78 is 5.65. The summed E-state index contributed by atoms with van der Waals surface area (Å²) in [6.45, 7) is 3.91. The fourth-order valence-electron chi connectivity index (χ4n) is 2.50. The van der Waals surface area contributed by atoms with E-state index in [1.807, 2.05) is 12.1 Å². The molecule has 3 rings (SSSR count). The first-order chi connectivity index (χ1) is 7.84. The lowest BCUT2D eigenvalue weighted by atomic mass is 10.1. The Labute approximate surface area is 100 Å². The molecule has 1 N–H and O–H groups in total. The van der Waals surface area contributed by atoms with Crippen LogP contribution in [0.3, 0.4) is 0 Å². The highest BCUT2D eigenvalue weighted by atomic mass is 35.5. The van der Waals surface area contributed by atoms with E-state index >= 15 is 0 Å². The zero-order chi connectivity index (χ0) is 11.0. The lowest BCUT2D eigenvalue weighted by molar-refractivity contribution is 0.301. The van der Waals surface area contributed by atoms with Crippen molar-refractivity contribution in [2.24, 2.45) is 0 Å². The Balaban J connectivity index is 1.93. The summed E-state index contributed by atoms with van der Waals surface area (Å²) in [6.07, 6.45) is 1.21. The molecule has 1 saturated heterocycles. The van der Waals surface area contributed by atoms with Gasteiger partial charge >= 0.3 is 0 Å². The first-order valence-corrected chi connectivity index (χ1v) is 6.12. The van der Waals surface area contributed by atoms with Crippen LogP contribution >= 0.6 is 11.6 Å². The molecule has 0 spiro atoms. The molecule has 3 nitrogen and oxygen atoms in total. The van der Waals surface area contributed by atoms with Gasteiger partial charge in [-0.1, -0.05) is 11.6 Å². The van der Waals surface area contributed by atoms with Gasteiger partial charge < -0.3 is 15.0 Å². The van der Waals surface area contributed by atoms with Crippen molar-refractivity contribution in [1.29, 1.82) is 0 Å². The van der Waals surface area contributed by atoms with Crippen LogP contribution in [-0.4, -0.2) is 32.3 Å². The molecule has 0 radical (unpaired) electrons. The fraction of sp³-hybridized carbons (Fsp3) is 0.500. The van der Waals surface area contributed by atoms with Crippen LogP contribution in [0.4, 0.5) is 5.69 Å². The predicted molar refractivity (Wildman–Crippen MR) is 65.6 cm³/mol. The molecule has 1 aromatic rings. The lowest BCUT2D eigenvalue weighted by Crippen LogP contribution is -2.42. The average molecular weight is 239 g/mol. The topological polar surface area (TPSA) is 24.5 Å². The van der Waals surface area contributed by atoms with E-state index in [9.17, 15) is 0 Å². The van der Waals surface area contributed by atoms with E-state index in [0.29, 0.717) is 6.04 Å². The van der Waals surface area contributed by atoms with Crippen molar-refractivity contribution in [3.05, 3.63) is 23.2 Å². The molecule has 1 unspecified atom stereocenters. The second-order valence-electron chi connectivity index (χ2n) is 4.30. The van der Waals surface area contributed by atoms with Crippen molar-refractivity contribution < 1.29 is 4.74 Å². The molecule has 0 amide bonds. The summed E-state index contributed by atoms with van der Waals surface area (Å²) in [5.41, 5.74) is 1.18. The third-order valence-corrected chi connectivity index (χ3v) is 3.53. The molecule has 16 heavy (non-hydrogen) atoms. The van der Waals surface area contributed by atoms with Gasteiger partial charge in [-0.05, 0) is 25.1 Å². The van der Waals surface area contributed by atoms with Crippen LogP contribution in [0.15, 0.2) is 18.2 Å². The second kappa shape index (κ2) is 4.15. The maximum Gasteiger partial charge on any atom is 0.144 e. The number of benzene rings is 1. The summed E-state index contributed by atoms with van der Waals surface area (Å²) in [7, 11) is 0. The molecule has 0 aromatic heterocycles. The maximum atomic E-state index is 5.97. The smallest absolute Gasteiger partial charge is 0.144 e. The summed E-state index contributed by atoms with van der Waals surface area (Å²) in [5.74, 6) is 0.922. The van der Waals surface area contributed by atoms with Crippen LogP contribution in [0.2, 0.25) is 5.02 Å². The van der Waals surface area contributed by atoms with Crippen molar-refractivity contribution in [3.8, 4) is 5.75 Å². The van der Waals surface area contributed by atoms with Crippen LogP contribution in [0.1, 0.15) is 6.42 Å². The fourth-order valence-corrected chi connectivity index (χ4v) is 2.66. The molecule has 2 aliphatic rings. The highest BCUT2D eigenvalue weighted by molar-refractivity contribution is 6.30. The largest absolute Gasteiger partial charge is 0.490 e. The van der Waals surface area contributed by atoms with E-state index in [1.54, 1.807) is 0 Å². The van der Waals surface area contributed by atoms with E-state index < -0.39 is 0 Å². The normalized spacial score (nSPS) is 24.1. The Morgan fingerprint density at radius 2 is 2.38 bits per heavy atom. The number of rotatable bonds is 1. The van der Waals surface area contributed by atoms with E-state index in [1.165, 1.54) is 12.1 Å². The number of ether oxygens (including phenoxy) is 1. The van der Waals surface area contributed by atoms with Gasteiger partial charge in [0.2, 0.25) is 0 Å². The molecular formula is C12H15ClN2O. The maximum absolute atomic E-state index is 5.97. The Kier molecular flexibility index (Phi) is 2.65. The van der Waals surface area contributed by atoms with Crippen molar-refractivity contribution in [3.63, 3.8) is 0 Å². The molecule has 0 bridgehead atoms. The van der Waals surface area contributed by atoms with Crippen molar-refractivity contribution in [1.82, 2.24) is 5.32 Å². The minimum absolute atomic E-state index is 0.601. The Morgan fingerprint density at radius 1 is 1.44 bits per heavy atom. The monoisotopic (exact) mass is 238 g/mol. The predicted octanol–water partition coefficient (Wildman–Crippen LogP) is 1.90. The molecule has 86 valence electrons. The number of halogens is 1. The Hall–Kier alpha value is -0.930. The average Bonchev–Trinajstić information content (AvgIpc) is 2.81. The van der Waals surface area contributed by atoms with Gasteiger partial charge in [0, 0.05) is 23.7 Å². The quantitative estimate of drug-likeness (QED) is 0.809. The first-order valence-electron chi connectivity index (χ1n) is 5.74. The van der Waals surface area contributed by atoms with E-state index in [4.69, 9.17) is 16.3 Å². The molecule has 2 aliphatic heterocycles. The van der Waals surface area contributed by atoms with E-state index in [0.717, 1.165) is 37.0 Å². The van der Waals surface area contributed by atoms with Gasteiger partial charge in [-0.15, -0.1) is 0 Å². The number of nitrogens with zero attached hydrogens (tertiary/aromatic N) is 1. The molecule has 0 saturated carbocycles. The molecular weight excluding hydrogens is 224 g/mol. The summed E-state index contributed by atoms with van der Waals surface area (Å²) in [6, 6.07) is 6.51. The second-order valence-corrected chi connectivity index (χ2v) is 4.74. The van der Waals surface area contributed by atoms with E-state index in [-0.39, 0.29) is 0 Å². The number of fused-ring (bicyclic) bond motifs is 1. The zero-order valence-electron chi connectivity index (χ0n) is 9.08. The van der Waals surface area contributed by atoms with Crippen molar-refractivity contribution in [2.45, 2.75) is 12.5 Å². The SMILES string of the molecule is Clc1ccc2c(c1)OCCN2C1CCNC1. The lowest BCUT2D eigenvalue weighted by Gasteiger charge is -2.35. The van der Waals surface area contributed by atoms with Crippen LogP contribution in [-0.2, 0) is 0 Å². The number of hydrogen-bond donors (Lipinski definition) is 1. The molecule has 2 heterocycles. The van der Waals surface area contributed by atoms with Gasteiger partial charge in [0.15, 0.2) is 0 Å². The van der Waals surface area contributed by atoms with E-state index in [2.05, 4.69) is 16.3 Å². The third kappa shape index (κ3) is 1.74. The first kappa shape index (κ1) is 10.2. The summed E-state index contributed by atoms with van der Waals surface area (Å²) in [5, 5.41) is 4.14. The molecule has 1 atom stereocenters. The number of anilines is 1. The third-order valence-electron chi connectivity index (χ3n) is 3.30. The number of nitrogens with one attached hydrogen (secondary N) is 1. The molecule has 0 aliphatic carbocycles. The Morgan fingerprint density at radius 3 is 3.19 bits per heavy atom. The summed E-state index contributed by atoms with van der Waals surface area (Å²) in [4.78, 5) is 2.44. The van der Waals surface area contributed by atoms with Crippen LogP contribution in [0.25, 0.3) is 0 Å². The summed E-state index contributed by atoms with van der Waals surface area (Å²) >= 11 is 5.97. The van der Waals surface area contributed by atoms with Gasteiger partial charge in [-0.3, -0.25) is 0 Å². The highest BCUT2D eigenvalue weighted by Crippen LogP contribution is 2.35. The van der Waals surface area contributed by atoms with Crippen LogP contribution in [0, 0.1) is 0 Å². The molecule has 4 heteroatoms. The van der Waals surface area contributed by atoms with Gasteiger partial charge in [0.25, 0.3) is 0 Å². The molecule has 1 fully saturated rings. The standard InChI is InChI=1S/C12H15ClN2O/c13-9-1-2-11-12(7-9)16-6-5-15(11)10-3-4-14-8-10/h1-2,7,10,14H,3-6,8H2. The van der Waals surface area contributed by atoms with Gasteiger partial charge in [0.05, 0.1) is 12.2 Å². The highest BCUT2D eigenvalue weighted by Gasteiger charge is 2.27. The van der Waals surface area contributed by atoms with Gasteiger partial charge in [0.1, 0.15) is 12.4 Å². The number of hydrogen-bond acceptors (Lipinski definition) is 3. The molecule has 1 aromatic carbocycles. The van der Waals surface area contributed by atoms with Crippen LogP contribution < -0.4 is 15.0 Å². The van der Waals surface area contributed by atoms with Crippen LogP contribution in [0.5, 0.6) is 5.75 Å².